The highest BCUT2D eigenvalue weighted by Crippen LogP contribution is 2.19. The number of alkyl carbamates (subject to hydrolysis) is 1. The third kappa shape index (κ3) is 5.58. The molecule has 2 N–H and O–H groups in total. The van der Waals surface area contributed by atoms with Crippen LogP contribution in [0.2, 0.25) is 0 Å². The molecule has 94 valence electrons. The van der Waals surface area contributed by atoms with Gasteiger partial charge in [-0.25, -0.2) is 9.59 Å². The summed E-state index contributed by atoms with van der Waals surface area (Å²) in [6, 6.07) is -0.952. The van der Waals surface area contributed by atoms with Gasteiger partial charge in [0.1, 0.15) is 6.04 Å². The SMILES string of the molecule is CC(C)COC(=O)N[C@H](C(=O)O)C(C)(C)C. The zero-order valence-electron chi connectivity index (χ0n) is 10.5. The number of carboxylic acid groups (broad SMARTS) is 1. The minimum atomic E-state index is -1.06. The molecule has 0 unspecified atom stereocenters. The Labute approximate surface area is 96.2 Å². The molecule has 0 spiro atoms. The zero-order chi connectivity index (χ0) is 12.9. The largest absolute Gasteiger partial charge is 0.480 e. The second kappa shape index (κ2) is 5.72. The van der Waals surface area contributed by atoms with Crippen LogP contribution >= 0.6 is 0 Å². The molecule has 0 saturated heterocycles. The lowest BCUT2D eigenvalue weighted by Gasteiger charge is -2.27. The molecule has 0 fully saturated rings. The van der Waals surface area contributed by atoms with E-state index in [1.165, 1.54) is 0 Å². The molecule has 0 radical (unpaired) electrons. The number of hydrogen-bond donors (Lipinski definition) is 2. The van der Waals surface area contributed by atoms with Crippen LogP contribution in [0.3, 0.4) is 0 Å². The fourth-order valence-electron chi connectivity index (χ4n) is 1.05. The fourth-order valence-corrected chi connectivity index (χ4v) is 1.05. The summed E-state index contributed by atoms with van der Waals surface area (Å²) in [5.74, 6) is -0.835. The first-order valence-corrected chi connectivity index (χ1v) is 5.30. The highest BCUT2D eigenvalue weighted by molar-refractivity contribution is 5.80. The molecule has 0 rings (SSSR count). The van der Waals surface area contributed by atoms with Crippen molar-refractivity contribution in [1.82, 2.24) is 5.32 Å². The molecule has 0 aliphatic carbocycles. The highest BCUT2D eigenvalue weighted by Gasteiger charge is 2.33. The molecule has 5 nitrogen and oxygen atoms in total. The number of nitrogens with one attached hydrogen (secondary N) is 1. The van der Waals surface area contributed by atoms with Crippen LogP contribution in [0.15, 0.2) is 0 Å². The number of amides is 1. The van der Waals surface area contributed by atoms with E-state index in [-0.39, 0.29) is 12.5 Å². The lowest BCUT2D eigenvalue weighted by molar-refractivity contribution is -0.142. The molecular weight excluding hydrogens is 210 g/mol. The molecule has 0 saturated carbocycles. The van der Waals surface area contributed by atoms with Crippen LogP contribution in [0.5, 0.6) is 0 Å². The monoisotopic (exact) mass is 231 g/mol. The highest BCUT2D eigenvalue weighted by atomic mass is 16.5. The number of carboxylic acids is 1. The second-order valence-electron chi connectivity index (χ2n) is 5.27. The first-order chi connectivity index (χ1) is 7.14. The number of rotatable bonds is 4. The zero-order valence-corrected chi connectivity index (χ0v) is 10.5. The Kier molecular flexibility index (Phi) is 5.27. The van der Waals surface area contributed by atoms with Gasteiger partial charge in [-0.1, -0.05) is 34.6 Å². The lowest BCUT2D eigenvalue weighted by atomic mass is 9.87. The van der Waals surface area contributed by atoms with Crippen molar-refractivity contribution in [3.8, 4) is 0 Å². The van der Waals surface area contributed by atoms with Crippen molar-refractivity contribution < 1.29 is 19.4 Å². The molecule has 5 heteroatoms. The van der Waals surface area contributed by atoms with Gasteiger partial charge in [0.2, 0.25) is 0 Å². The smallest absolute Gasteiger partial charge is 0.407 e. The van der Waals surface area contributed by atoms with Crippen molar-refractivity contribution in [1.29, 1.82) is 0 Å². The van der Waals surface area contributed by atoms with E-state index in [9.17, 15) is 9.59 Å². The summed E-state index contributed by atoms with van der Waals surface area (Å²) in [5, 5.41) is 11.3. The van der Waals surface area contributed by atoms with Crippen molar-refractivity contribution in [3.63, 3.8) is 0 Å². The average Bonchev–Trinajstić information content (AvgIpc) is 2.08. The van der Waals surface area contributed by atoms with Gasteiger partial charge in [0, 0.05) is 0 Å². The van der Waals surface area contributed by atoms with Crippen LogP contribution in [0.4, 0.5) is 4.79 Å². The molecule has 0 heterocycles. The third-order valence-electron chi connectivity index (χ3n) is 1.92. The van der Waals surface area contributed by atoms with Crippen LogP contribution in [0.25, 0.3) is 0 Å². The van der Waals surface area contributed by atoms with Gasteiger partial charge in [0.05, 0.1) is 6.61 Å². The molecule has 0 aliphatic rings. The van der Waals surface area contributed by atoms with Gasteiger partial charge in [-0.2, -0.15) is 0 Å². The Morgan fingerprint density at radius 3 is 2.12 bits per heavy atom. The number of carbonyl (C=O) groups is 2. The predicted octanol–water partition coefficient (Wildman–Crippen LogP) is 1.87. The van der Waals surface area contributed by atoms with Crippen molar-refractivity contribution >= 4 is 12.1 Å². The maximum atomic E-state index is 11.3. The van der Waals surface area contributed by atoms with E-state index in [0.29, 0.717) is 0 Å². The minimum Gasteiger partial charge on any atom is -0.480 e. The molecule has 1 atom stereocenters. The molecule has 0 aromatic heterocycles. The summed E-state index contributed by atoms with van der Waals surface area (Å²) < 4.78 is 4.87. The van der Waals surface area contributed by atoms with Gasteiger partial charge in [0.25, 0.3) is 0 Å². The summed E-state index contributed by atoms with van der Waals surface area (Å²) in [6.45, 7) is 9.33. The number of ether oxygens (including phenoxy) is 1. The maximum Gasteiger partial charge on any atom is 0.407 e. The summed E-state index contributed by atoms with van der Waals surface area (Å²) in [4.78, 5) is 22.3. The quantitative estimate of drug-likeness (QED) is 0.774. The van der Waals surface area contributed by atoms with Crippen molar-refractivity contribution in [3.05, 3.63) is 0 Å². The van der Waals surface area contributed by atoms with Gasteiger partial charge >= 0.3 is 12.1 Å². The normalized spacial score (nSPS) is 13.4. The van der Waals surface area contributed by atoms with Crippen LogP contribution < -0.4 is 5.32 Å². The first-order valence-electron chi connectivity index (χ1n) is 5.30. The Bertz CT molecular complexity index is 255. The summed E-state index contributed by atoms with van der Waals surface area (Å²) in [5.41, 5.74) is -0.553. The van der Waals surface area contributed by atoms with E-state index in [1.807, 2.05) is 13.8 Å². The number of aliphatic carboxylic acids is 1. The number of carbonyl (C=O) groups excluding carboxylic acids is 1. The molecular formula is C11H21NO4. The van der Waals surface area contributed by atoms with E-state index in [2.05, 4.69) is 5.32 Å². The van der Waals surface area contributed by atoms with Crippen LogP contribution in [-0.4, -0.2) is 29.8 Å². The molecule has 0 aliphatic heterocycles. The Morgan fingerprint density at radius 2 is 1.81 bits per heavy atom. The van der Waals surface area contributed by atoms with Gasteiger partial charge in [0.15, 0.2) is 0 Å². The minimum absolute atomic E-state index is 0.226. The van der Waals surface area contributed by atoms with Crippen LogP contribution in [0, 0.1) is 11.3 Å². The van der Waals surface area contributed by atoms with Crippen molar-refractivity contribution in [2.75, 3.05) is 6.61 Å². The topological polar surface area (TPSA) is 75.6 Å². The predicted molar refractivity (Wildman–Crippen MR) is 60.2 cm³/mol. The lowest BCUT2D eigenvalue weighted by Crippen LogP contribution is -2.49. The van der Waals surface area contributed by atoms with Crippen molar-refractivity contribution in [2.24, 2.45) is 11.3 Å². The van der Waals surface area contributed by atoms with Gasteiger partial charge < -0.3 is 15.2 Å². The van der Waals surface area contributed by atoms with Crippen LogP contribution in [-0.2, 0) is 9.53 Å². The molecule has 16 heavy (non-hydrogen) atoms. The van der Waals surface area contributed by atoms with Gasteiger partial charge in [-0.05, 0) is 11.3 Å². The first kappa shape index (κ1) is 14.7. The van der Waals surface area contributed by atoms with Crippen LogP contribution in [0.1, 0.15) is 34.6 Å². The Hall–Kier alpha value is -1.26. The molecule has 0 bridgehead atoms. The average molecular weight is 231 g/mol. The van der Waals surface area contributed by atoms with Crippen molar-refractivity contribution in [2.45, 2.75) is 40.7 Å². The Morgan fingerprint density at radius 1 is 1.31 bits per heavy atom. The third-order valence-corrected chi connectivity index (χ3v) is 1.92. The Balaban J connectivity index is 4.32. The van der Waals surface area contributed by atoms with Gasteiger partial charge in [-0.15, -0.1) is 0 Å². The standard InChI is InChI=1S/C11H21NO4/c1-7(2)6-16-10(15)12-8(9(13)14)11(3,4)5/h7-8H,6H2,1-5H3,(H,12,15)(H,13,14)/t8-/m1/s1. The molecule has 0 aromatic carbocycles. The van der Waals surface area contributed by atoms with E-state index in [0.717, 1.165) is 0 Å². The van der Waals surface area contributed by atoms with E-state index in [4.69, 9.17) is 9.84 Å². The van der Waals surface area contributed by atoms with E-state index < -0.39 is 23.5 Å². The van der Waals surface area contributed by atoms with Gasteiger partial charge in [-0.3, -0.25) is 0 Å². The maximum absolute atomic E-state index is 11.3. The summed E-state index contributed by atoms with van der Waals surface area (Å²) in [6.07, 6.45) is -0.684. The van der Waals surface area contributed by atoms with E-state index >= 15 is 0 Å². The summed E-state index contributed by atoms with van der Waals surface area (Å²) in [7, 11) is 0. The fraction of sp³-hybridized carbons (Fsp3) is 0.818. The number of hydrogen-bond acceptors (Lipinski definition) is 3. The molecule has 1 amide bonds. The van der Waals surface area contributed by atoms with E-state index in [1.54, 1.807) is 20.8 Å². The molecule has 0 aromatic rings. The summed E-state index contributed by atoms with van der Waals surface area (Å²) >= 11 is 0. The second-order valence-corrected chi connectivity index (χ2v) is 5.27.